The Balaban J connectivity index is 2.48. The van der Waals surface area contributed by atoms with Gasteiger partial charge in [0.25, 0.3) is 10.0 Å². The molecule has 0 fully saturated rings. The largest absolute Gasteiger partial charge is 0.398 e. The van der Waals surface area contributed by atoms with Gasteiger partial charge in [-0.25, -0.2) is 13.4 Å². The first-order chi connectivity index (χ1) is 9.69. The minimum absolute atomic E-state index is 0.0261. The average molecular weight is 412 g/mol. The summed E-state index contributed by atoms with van der Waals surface area (Å²) in [7, 11) is -3.89. The van der Waals surface area contributed by atoms with Gasteiger partial charge in [0.2, 0.25) is 5.28 Å². The molecular formula is C11H9BrCl2N4O2S. The van der Waals surface area contributed by atoms with Crippen LogP contribution in [0.15, 0.2) is 27.6 Å². The van der Waals surface area contributed by atoms with Crippen LogP contribution in [0.5, 0.6) is 0 Å². The molecule has 6 nitrogen and oxygen atoms in total. The molecule has 0 radical (unpaired) electrons. The van der Waals surface area contributed by atoms with Crippen molar-refractivity contribution in [2.24, 2.45) is 0 Å². The fourth-order valence-corrected chi connectivity index (χ4v) is 3.92. The molecule has 112 valence electrons. The molecule has 0 aliphatic heterocycles. The summed E-state index contributed by atoms with van der Waals surface area (Å²) < 4.78 is 27.7. The molecule has 0 bridgehead atoms. The number of hydrogen-bond acceptors (Lipinski definition) is 5. The van der Waals surface area contributed by atoms with Crippen LogP contribution in [-0.4, -0.2) is 18.4 Å². The van der Waals surface area contributed by atoms with Crippen LogP contribution in [0.3, 0.4) is 0 Å². The molecule has 21 heavy (non-hydrogen) atoms. The van der Waals surface area contributed by atoms with Crippen molar-refractivity contribution in [1.29, 1.82) is 0 Å². The van der Waals surface area contributed by atoms with Crippen LogP contribution in [-0.2, 0) is 10.0 Å². The second-order valence-electron chi connectivity index (χ2n) is 4.07. The van der Waals surface area contributed by atoms with Gasteiger partial charge >= 0.3 is 0 Å². The van der Waals surface area contributed by atoms with E-state index >= 15 is 0 Å². The van der Waals surface area contributed by atoms with Crippen molar-refractivity contribution in [3.8, 4) is 0 Å². The molecule has 0 aliphatic rings. The Bertz CT molecular complexity index is 794. The van der Waals surface area contributed by atoms with Gasteiger partial charge in [-0.1, -0.05) is 27.5 Å². The first-order valence-electron chi connectivity index (χ1n) is 5.47. The Labute approximate surface area is 139 Å². The predicted molar refractivity (Wildman–Crippen MR) is 86.2 cm³/mol. The summed E-state index contributed by atoms with van der Waals surface area (Å²) >= 11 is 14.6. The fourth-order valence-electron chi connectivity index (χ4n) is 1.59. The highest BCUT2D eigenvalue weighted by atomic mass is 79.9. The van der Waals surface area contributed by atoms with Crippen LogP contribution in [0.25, 0.3) is 0 Å². The lowest BCUT2D eigenvalue weighted by atomic mass is 10.2. The summed E-state index contributed by atoms with van der Waals surface area (Å²) in [4.78, 5) is 7.42. The molecule has 1 aromatic heterocycles. The number of hydrogen-bond donors (Lipinski definition) is 2. The lowest BCUT2D eigenvalue weighted by molar-refractivity contribution is 0.600. The highest BCUT2D eigenvalue weighted by Crippen LogP contribution is 2.28. The molecule has 0 spiro atoms. The third kappa shape index (κ3) is 3.76. The van der Waals surface area contributed by atoms with E-state index in [1.165, 1.54) is 12.1 Å². The zero-order valence-corrected chi connectivity index (χ0v) is 14.5. The number of rotatable bonds is 3. The molecule has 0 unspecified atom stereocenters. The van der Waals surface area contributed by atoms with Crippen LogP contribution in [0.4, 0.5) is 11.5 Å². The number of benzene rings is 1. The molecule has 0 saturated carbocycles. The van der Waals surface area contributed by atoms with Crippen molar-refractivity contribution in [2.75, 3.05) is 10.5 Å². The third-order valence-electron chi connectivity index (χ3n) is 2.56. The van der Waals surface area contributed by atoms with Crippen molar-refractivity contribution >= 4 is 60.7 Å². The van der Waals surface area contributed by atoms with Crippen LogP contribution in [0.2, 0.25) is 10.4 Å². The van der Waals surface area contributed by atoms with Gasteiger partial charge in [0, 0.05) is 16.2 Å². The number of nitrogen functional groups attached to an aromatic ring is 1. The zero-order valence-electron chi connectivity index (χ0n) is 10.6. The first kappa shape index (κ1) is 16.3. The summed E-state index contributed by atoms with van der Waals surface area (Å²) in [6.45, 7) is 1.61. The van der Waals surface area contributed by atoms with Crippen molar-refractivity contribution in [3.63, 3.8) is 0 Å². The fraction of sp³-hybridized carbons (Fsp3) is 0.0909. The van der Waals surface area contributed by atoms with E-state index in [9.17, 15) is 8.42 Å². The topological polar surface area (TPSA) is 98.0 Å². The molecule has 0 atom stereocenters. The molecule has 0 amide bonds. The number of nitrogens with zero attached hydrogens (tertiary/aromatic N) is 2. The highest BCUT2D eigenvalue weighted by Gasteiger charge is 2.20. The SMILES string of the molecule is Cc1c(N)cc(Br)cc1S(=O)(=O)Nc1cc(Cl)nc(Cl)n1. The maximum absolute atomic E-state index is 12.4. The van der Waals surface area contributed by atoms with Gasteiger partial charge in [-0.05, 0) is 36.2 Å². The Morgan fingerprint density at radius 1 is 1.24 bits per heavy atom. The Hall–Kier alpha value is -1.09. The van der Waals surface area contributed by atoms with E-state index in [1.807, 2.05) is 0 Å². The maximum Gasteiger partial charge on any atom is 0.263 e. The summed E-state index contributed by atoms with van der Waals surface area (Å²) in [6.07, 6.45) is 0. The van der Waals surface area contributed by atoms with Crippen molar-refractivity contribution in [1.82, 2.24) is 9.97 Å². The van der Waals surface area contributed by atoms with Crippen LogP contribution in [0.1, 0.15) is 5.56 Å². The number of sulfonamides is 1. The van der Waals surface area contributed by atoms with E-state index in [2.05, 4.69) is 30.6 Å². The number of aromatic nitrogens is 2. The van der Waals surface area contributed by atoms with E-state index < -0.39 is 10.0 Å². The van der Waals surface area contributed by atoms with Gasteiger partial charge in [0.1, 0.15) is 11.0 Å². The van der Waals surface area contributed by atoms with Gasteiger partial charge in [-0.2, -0.15) is 4.98 Å². The molecule has 10 heteroatoms. The van der Waals surface area contributed by atoms with Crippen LogP contribution < -0.4 is 10.5 Å². The lowest BCUT2D eigenvalue weighted by Crippen LogP contribution is -2.16. The molecule has 1 heterocycles. The van der Waals surface area contributed by atoms with Gasteiger partial charge in [-0.15, -0.1) is 0 Å². The van der Waals surface area contributed by atoms with Gasteiger partial charge in [-0.3, -0.25) is 4.72 Å². The lowest BCUT2D eigenvalue weighted by Gasteiger charge is -2.12. The third-order valence-corrected chi connectivity index (χ3v) is 4.86. The molecule has 3 N–H and O–H groups in total. The van der Waals surface area contributed by atoms with Crippen LogP contribution >= 0.6 is 39.1 Å². The molecule has 1 aromatic carbocycles. The predicted octanol–water partition coefficient (Wildman–Crippen LogP) is 3.24. The Morgan fingerprint density at radius 3 is 2.52 bits per heavy atom. The van der Waals surface area contributed by atoms with E-state index in [1.54, 1.807) is 13.0 Å². The number of halogens is 3. The first-order valence-corrected chi connectivity index (χ1v) is 8.51. The normalized spacial score (nSPS) is 11.4. The highest BCUT2D eigenvalue weighted by molar-refractivity contribution is 9.10. The average Bonchev–Trinajstić information content (AvgIpc) is 2.31. The molecule has 0 saturated heterocycles. The van der Waals surface area contributed by atoms with E-state index in [0.717, 1.165) is 0 Å². The second-order valence-corrected chi connectivity index (χ2v) is 7.36. The summed E-state index contributed by atoms with van der Waals surface area (Å²) in [6, 6.07) is 4.31. The minimum atomic E-state index is -3.89. The Morgan fingerprint density at radius 2 is 1.90 bits per heavy atom. The molecule has 0 aliphatic carbocycles. The summed E-state index contributed by atoms with van der Waals surface area (Å²) in [5.74, 6) is -0.0297. The molecular weight excluding hydrogens is 403 g/mol. The van der Waals surface area contributed by atoms with Crippen molar-refractivity contribution in [3.05, 3.63) is 38.7 Å². The monoisotopic (exact) mass is 410 g/mol. The summed E-state index contributed by atoms with van der Waals surface area (Å²) in [5.41, 5.74) is 6.55. The van der Waals surface area contributed by atoms with E-state index in [4.69, 9.17) is 28.9 Å². The van der Waals surface area contributed by atoms with E-state index in [0.29, 0.717) is 15.7 Å². The zero-order chi connectivity index (χ0) is 15.8. The van der Waals surface area contributed by atoms with Crippen LogP contribution in [0, 0.1) is 6.92 Å². The van der Waals surface area contributed by atoms with E-state index in [-0.39, 0.29) is 21.2 Å². The number of nitrogens with two attached hydrogens (primary N) is 1. The smallest absolute Gasteiger partial charge is 0.263 e. The Kier molecular flexibility index (Phi) is 4.62. The number of anilines is 2. The van der Waals surface area contributed by atoms with Crippen molar-refractivity contribution in [2.45, 2.75) is 11.8 Å². The van der Waals surface area contributed by atoms with Crippen molar-refractivity contribution < 1.29 is 8.42 Å². The van der Waals surface area contributed by atoms with Gasteiger partial charge in [0.05, 0.1) is 4.90 Å². The molecule has 2 rings (SSSR count). The maximum atomic E-state index is 12.4. The van der Waals surface area contributed by atoms with Gasteiger partial charge in [0.15, 0.2) is 0 Å². The second kappa shape index (κ2) is 5.96. The minimum Gasteiger partial charge on any atom is -0.398 e. The summed E-state index contributed by atoms with van der Waals surface area (Å²) in [5, 5.41) is -0.135. The standard InChI is InChI=1S/C11H9BrCl2N4O2S/c1-5-7(15)2-6(12)3-8(5)21(19,20)18-10-4-9(13)16-11(14)17-10/h2-4H,15H2,1H3,(H,16,17,18). The quantitative estimate of drug-likeness (QED) is 0.459. The number of nitrogens with one attached hydrogen (secondary N) is 1. The van der Waals surface area contributed by atoms with Gasteiger partial charge < -0.3 is 5.73 Å². The molecule has 2 aromatic rings.